The fourth-order valence-corrected chi connectivity index (χ4v) is 4.87. The van der Waals surface area contributed by atoms with Gasteiger partial charge in [0.25, 0.3) is 10.0 Å². The summed E-state index contributed by atoms with van der Waals surface area (Å²) in [5, 5.41) is 3.06. The minimum absolute atomic E-state index is 0.373. The molecule has 0 aliphatic carbocycles. The monoisotopic (exact) mass is 304 g/mol. The molecule has 1 N–H and O–H groups in total. The molecule has 4 nitrogen and oxygen atoms in total. The van der Waals surface area contributed by atoms with Crippen LogP contribution in [0.2, 0.25) is 0 Å². The maximum absolute atomic E-state index is 12.5. The summed E-state index contributed by atoms with van der Waals surface area (Å²) in [7, 11) is 0.184. The summed E-state index contributed by atoms with van der Waals surface area (Å²) in [6.45, 7) is 7.37. The van der Waals surface area contributed by atoms with Gasteiger partial charge in [0.1, 0.15) is 4.21 Å². The molecule has 19 heavy (non-hydrogen) atoms. The molecule has 0 radical (unpaired) electrons. The standard InChI is InChI=1S/C13H24N2O2S2/c1-6-10(2)9-15(5)19(16,17)13-7-11(3)12(18-13)8-14-4/h7,10,14H,6,8-9H2,1-5H3. The Morgan fingerprint density at radius 2 is 2.11 bits per heavy atom. The number of hydrogen-bond acceptors (Lipinski definition) is 4. The van der Waals surface area contributed by atoms with Crippen LogP contribution in [0.4, 0.5) is 0 Å². The summed E-state index contributed by atoms with van der Waals surface area (Å²) in [6, 6.07) is 1.78. The van der Waals surface area contributed by atoms with Crippen molar-refractivity contribution in [2.45, 2.75) is 37.9 Å². The first-order valence-electron chi connectivity index (χ1n) is 6.53. The fraction of sp³-hybridized carbons (Fsp3) is 0.692. The van der Waals surface area contributed by atoms with Gasteiger partial charge in [0, 0.05) is 25.0 Å². The number of nitrogens with zero attached hydrogens (tertiary/aromatic N) is 1. The largest absolute Gasteiger partial charge is 0.315 e. The topological polar surface area (TPSA) is 49.4 Å². The van der Waals surface area contributed by atoms with Gasteiger partial charge in [0.05, 0.1) is 0 Å². The van der Waals surface area contributed by atoms with E-state index in [0.717, 1.165) is 16.9 Å². The van der Waals surface area contributed by atoms with E-state index < -0.39 is 10.0 Å². The van der Waals surface area contributed by atoms with E-state index in [9.17, 15) is 8.42 Å². The normalized spacial score (nSPS) is 14.0. The third-order valence-corrected chi connectivity index (χ3v) is 6.78. The van der Waals surface area contributed by atoms with Gasteiger partial charge in [-0.2, -0.15) is 4.31 Å². The number of sulfonamides is 1. The lowest BCUT2D eigenvalue weighted by Gasteiger charge is -2.19. The van der Waals surface area contributed by atoms with E-state index in [0.29, 0.717) is 23.2 Å². The number of rotatable bonds is 7. The Bertz CT molecular complexity index is 509. The Kier molecular flexibility index (Phi) is 5.98. The Labute approximate surface area is 120 Å². The second kappa shape index (κ2) is 6.83. The predicted molar refractivity (Wildman–Crippen MR) is 81.1 cm³/mol. The molecule has 0 saturated carbocycles. The van der Waals surface area contributed by atoms with Crippen LogP contribution in [0.1, 0.15) is 30.7 Å². The van der Waals surface area contributed by atoms with Gasteiger partial charge >= 0.3 is 0 Å². The molecule has 0 aliphatic rings. The van der Waals surface area contributed by atoms with Gasteiger partial charge in [0.2, 0.25) is 0 Å². The highest BCUT2D eigenvalue weighted by Gasteiger charge is 2.24. The SMILES string of the molecule is CCC(C)CN(C)S(=O)(=O)c1cc(C)c(CNC)s1. The summed E-state index contributed by atoms with van der Waals surface area (Å²) in [5.41, 5.74) is 1.04. The minimum atomic E-state index is -3.34. The lowest BCUT2D eigenvalue weighted by Crippen LogP contribution is -2.30. The summed E-state index contributed by atoms with van der Waals surface area (Å²) < 4.78 is 26.9. The van der Waals surface area contributed by atoms with Crippen molar-refractivity contribution in [1.29, 1.82) is 0 Å². The van der Waals surface area contributed by atoms with Gasteiger partial charge < -0.3 is 5.32 Å². The molecule has 1 rings (SSSR count). The third kappa shape index (κ3) is 4.02. The Morgan fingerprint density at radius 1 is 1.47 bits per heavy atom. The number of hydrogen-bond donors (Lipinski definition) is 1. The van der Waals surface area contributed by atoms with Crippen molar-refractivity contribution in [1.82, 2.24) is 9.62 Å². The van der Waals surface area contributed by atoms with Crippen molar-refractivity contribution >= 4 is 21.4 Å². The van der Waals surface area contributed by atoms with Crippen molar-refractivity contribution < 1.29 is 8.42 Å². The van der Waals surface area contributed by atoms with E-state index in [1.165, 1.54) is 15.6 Å². The van der Waals surface area contributed by atoms with Crippen molar-refractivity contribution in [3.8, 4) is 0 Å². The molecule has 0 saturated heterocycles. The highest BCUT2D eigenvalue weighted by Crippen LogP contribution is 2.28. The van der Waals surface area contributed by atoms with E-state index in [2.05, 4.69) is 19.2 Å². The summed E-state index contributed by atoms with van der Waals surface area (Å²) in [5.74, 6) is 0.373. The van der Waals surface area contributed by atoms with Crippen molar-refractivity contribution in [3.05, 3.63) is 16.5 Å². The third-order valence-electron chi connectivity index (χ3n) is 3.27. The van der Waals surface area contributed by atoms with E-state index in [1.54, 1.807) is 13.1 Å². The molecule has 1 unspecified atom stereocenters. The van der Waals surface area contributed by atoms with Gasteiger partial charge in [-0.1, -0.05) is 20.3 Å². The number of thiophene rings is 1. The van der Waals surface area contributed by atoms with E-state index in [-0.39, 0.29) is 0 Å². The average Bonchev–Trinajstić information content (AvgIpc) is 2.72. The summed E-state index contributed by atoms with van der Waals surface area (Å²) in [6.07, 6.45) is 0.980. The molecule has 1 aromatic rings. The van der Waals surface area contributed by atoms with Gasteiger partial charge in [-0.25, -0.2) is 8.42 Å². The fourth-order valence-electron chi connectivity index (χ4n) is 1.77. The molecule has 1 atom stereocenters. The molecule has 0 amide bonds. The zero-order valence-corrected chi connectivity index (χ0v) is 14.0. The zero-order valence-electron chi connectivity index (χ0n) is 12.4. The van der Waals surface area contributed by atoms with Crippen LogP contribution < -0.4 is 5.32 Å². The summed E-state index contributed by atoms with van der Waals surface area (Å²) in [4.78, 5) is 1.08. The van der Waals surface area contributed by atoms with E-state index >= 15 is 0 Å². The molecule has 0 aromatic carbocycles. The average molecular weight is 304 g/mol. The molecule has 1 heterocycles. The van der Waals surface area contributed by atoms with Gasteiger partial charge in [-0.05, 0) is 31.5 Å². The van der Waals surface area contributed by atoms with Gasteiger partial charge in [0.15, 0.2) is 0 Å². The van der Waals surface area contributed by atoms with Crippen molar-refractivity contribution in [2.24, 2.45) is 5.92 Å². The van der Waals surface area contributed by atoms with Gasteiger partial charge in [-0.15, -0.1) is 11.3 Å². The molecular formula is C13H24N2O2S2. The van der Waals surface area contributed by atoms with Crippen molar-refractivity contribution in [2.75, 3.05) is 20.6 Å². The van der Waals surface area contributed by atoms with E-state index in [1.807, 2.05) is 14.0 Å². The Balaban J connectivity index is 2.96. The molecule has 0 spiro atoms. The highest BCUT2D eigenvalue weighted by atomic mass is 32.2. The molecule has 6 heteroatoms. The number of aryl methyl sites for hydroxylation is 1. The summed E-state index contributed by atoms with van der Waals surface area (Å²) >= 11 is 1.36. The van der Waals surface area contributed by atoms with Crippen LogP contribution in [0.15, 0.2) is 10.3 Å². The lowest BCUT2D eigenvalue weighted by atomic mass is 10.1. The first-order chi connectivity index (χ1) is 8.82. The second-order valence-corrected chi connectivity index (χ2v) is 8.41. The second-order valence-electron chi connectivity index (χ2n) is 5.00. The quantitative estimate of drug-likeness (QED) is 0.842. The van der Waals surface area contributed by atoms with Gasteiger partial charge in [-0.3, -0.25) is 0 Å². The molecule has 1 aromatic heterocycles. The number of nitrogens with one attached hydrogen (secondary N) is 1. The van der Waals surface area contributed by atoms with Crippen LogP contribution in [0.3, 0.4) is 0 Å². The maximum atomic E-state index is 12.5. The van der Waals surface area contributed by atoms with Crippen LogP contribution in [0.5, 0.6) is 0 Å². The maximum Gasteiger partial charge on any atom is 0.252 e. The Morgan fingerprint density at radius 3 is 2.63 bits per heavy atom. The van der Waals surface area contributed by atoms with Crippen LogP contribution in [0.25, 0.3) is 0 Å². The molecule has 0 bridgehead atoms. The zero-order chi connectivity index (χ0) is 14.6. The molecule has 0 fully saturated rings. The molecule has 110 valence electrons. The smallest absolute Gasteiger partial charge is 0.252 e. The van der Waals surface area contributed by atoms with Crippen LogP contribution in [-0.4, -0.2) is 33.4 Å². The lowest BCUT2D eigenvalue weighted by molar-refractivity contribution is 0.394. The molecular weight excluding hydrogens is 280 g/mol. The predicted octanol–water partition coefficient (Wildman–Crippen LogP) is 2.44. The highest BCUT2D eigenvalue weighted by molar-refractivity contribution is 7.91. The minimum Gasteiger partial charge on any atom is -0.315 e. The van der Waals surface area contributed by atoms with Crippen molar-refractivity contribution in [3.63, 3.8) is 0 Å². The first-order valence-corrected chi connectivity index (χ1v) is 8.78. The molecule has 0 aliphatic heterocycles. The van der Waals surface area contributed by atoms with E-state index in [4.69, 9.17) is 0 Å². The Hall–Kier alpha value is -0.430. The van der Waals surface area contributed by atoms with Crippen LogP contribution >= 0.6 is 11.3 Å². The first kappa shape index (κ1) is 16.6. The van der Waals surface area contributed by atoms with Crippen LogP contribution in [0, 0.1) is 12.8 Å². The van der Waals surface area contributed by atoms with Crippen LogP contribution in [-0.2, 0) is 16.6 Å².